The van der Waals surface area contributed by atoms with Crippen LogP contribution in [-0.2, 0) is 13.4 Å². The molecule has 2 aromatic rings. The lowest BCUT2D eigenvalue weighted by molar-refractivity contribution is -0.660. The van der Waals surface area contributed by atoms with Crippen molar-refractivity contribution in [2.24, 2.45) is 7.05 Å². The molecular weight excluding hydrogens is 206 g/mol. The summed E-state index contributed by atoms with van der Waals surface area (Å²) < 4.78 is 62.0. The number of aromatic nitrogens is 1. The van der Waals surface area contributed by atoms with E-state index in [9.17, 15) is 0 Å². The molecule has 0 fully saturated rings. The Labute approximate surface area is 115 Å². The molecule has 1 heteroatoms. The Morgan fingerprint density at radius 3 is 2.82 bits per heavy atom. The molecule has 0 aliphatic carbocycles. The van der Waals surface area contributed by atoms with Crippen molar-refractivity contribution in [3.05, 3.63) is 53.2 Å². The number of benzene rings is 1. The molecule has 0 N–H and O–H groups in total. The number of hydrogen-bond donors (Lipinski definition) is 0. The molecule has 0 amide bonds. The summed E-state index contributed by atoms with van der Waals surface area (Å²) in [5, 5.41) is 0. The van der Waals surface area contributed by atoms with Crippen molar-refractivity contribution in [3.63, 3.8) is 0 Å². The topological polar surface area (TPSA) is 3.88 Å². The Morgan fingerprint density at radius 1 is 1.29 bits per heavy atom. The zero-order valence-electron chi connectivity index (χ0n) is 17.9. The first-order chi connectivity index (χ1) is 11.2. The summed E-state index contributed by atoms with van der Waals surface area (Å²) in [6.07, 6.45) is -0.902. The molecule has 88 valence electrons. The molecule has 0 aliphatic heterocycles. The van der Waals surface area contributed by atoms with Crippen molar-refractivity contribution < 1.29 is 15.5 Å². The minimum Gasteiger partial charge on any atom is -0.201 e. The minimum absolute atomic E-state index is 0.0931. The molecule has 1 aromatic heterocycles. The maximum atomic E-state index is 7.87. The van der Waals surface area contributed by atoms with Crippen LogP contribution >= 0.6 is 0 Å². The summed E-state index contributed by atoms with van der Waals surface area (Å²) in [4.78, 5) is 0. The maximum Gasteiger partial charge on any atom is 0.212 e. The van der Waals surface area contributed by atoms with E-state index in [0.717, 1.165) is 11.3 Å². The van der Waals surface area contributed by atoms with Crippen LogP contribution in [0.25, 0.3) is 11.3 Å². The fourth-order valence-electron chi connectivity index (χ4n) is 1.92. The van der Waals surface area contributed by atoms with E-state index < -0.39 is 20.1 Å². The fraction of sp³-hybridized carbons (Fsp3) is 0.312. The van der Waals surface area contributed by atoms with E-state index in [1.807, 2.05) is 0 Å². The smallest absolute Gasteiger partial charge is 0.201 e. The van der Waals surface area contributed by atoms with Crippen molar-refractivity contribution in [3.8, 4) is 11.3 Å². The van der Waals surface area contributed by atoms with Crippen molar-refractivity contribution in [1.29, 1.82) is 0 Å². The average Bonchev–Trinajstić information content (AvgIpc) is 2.45. The molecule has 2 rings (SSSR count). The van der Waals surface area contributed by atoms with Crippen molar-refractivity contribution in [1.82, 2.24) is 0 Å². The SMILES string of the molecule is [2H]C([2H])([2H])c1ccc(-c2ccc(C([2H])([2H])C([2H])([2H])[2H])cc2C)[n+](C)c1. The van der Waals surface area contributed by atoms with E-state index in [2.05, 4.69) is 0 Å². The highest BCUT2D eigenvalue weighted by Gasteiger charge is 2.11. The van der Waals surface area contributed by atoms with Gasteiger partial charge in [-0.3, -0.25) is 0 Å². The van der Waals surface area contributed by atoms with Gasteiger partial charge in [0.2, 0.25) is 5.69 Å². The zero-order valence-corrected chi connectivity index (χ0v) is 9.91. The van der Waals surface area contributed by atoms with Gasteiger partial charge in [-0.05, 0) is 43.4 Å². The van der Waals surface area contributed by atoms with Crippen LogP contribution in [0.2, 0.25) is 0 Å². The van der Waals surface area contributed by atoms with Crippen molar-refractivity contribution in [2.45, 2.75) is 27.0 Å². The maximum absolute atomic E-state index is 7.87. The van der Waals surface area contributed by atoms with Crippen LogP contribution in [0.1, 0.15) is 34.5 Å². The fourth-order valence-corrected chi connectivity index (χ4v) is 1.92. The first-order valence-corrected chi connectivity index (χ1v) is 5.37. The third-order valence-electron chi connectivity index (χ3n) is 2.78. The number of nitrogens with zero attached hydrogens (tertiary/aromatic N) is 1. The predicted molar refractivity (Wildman–Crippen MR) is 71.9 cm³/mol. The second-order valence-electron chi connectivity index (χ2n) is 4.07. The number of pyridine rings is 1. The molecule has 0 radical (unpaired) electrons. The molecule has 0 saturated carbocycles. The normalized spacial score (nSPS) is 19.9. The van der Waals surface area contributed by atoms with Gasteiger partial charge in [0.05, 0.1) is 0 Å². The molecular formula is C16H20N+. The summed E-state index contributed by atoms with van der Waals surface area (Å²) in [6.45, 7) is -3.18. The van der Waals surface area contributed by atoms with Crippen LogP contribution in [0, 0.1) is 13.8 Å². The Balaban J connectivity index is 2.50. The van der Waals surface area contributed by atoms with Crippen LogP contribution in [0.4, 0.5) is 0 Å². The Bertz CT molecular complexity index is 790. The average molecular weight is 234 g/mol. The van der Waals surface area contributed by atoms with Crippen LogP contribution in [0.3, 0.4) is 0 Å². The van der Waals surface area contributed by atoms with Gasteiger partial charge < -0.3 is 0 Å². The second-order valence-corrected chi connectivity index (χ2v) is 4.07. The lowest BCUT2D eigenvalue weighted by atomic mass is 10.0. The molecule has 1 nitrogen and oxygen atoms in total. The van der Waals surface area contributed by atoms with E-state index in [4.69, 9.17) is 11.0 Å². The van der Waals surface area contributed by atoms with E-state index in [1.165, 1.54) is 24.4 Å². The van der Waals surface area contributed by atoms with Gasteiger partial charge in [0.15, 0.2) is 6.20 Å². The first kappa shape index (κ1) is 5.34. The molecule has 0 spiro atoms. The summed E-state index contributed by atoms with van der Waals surface area (Å²) >= 11 is 0. The third kappa shape index (κ3) is 2.38. The quantitative estimate of drug-likeness (QED) is 0.702. The second kappa shape index (κ2) is 4.70. The van der Waals surface area contributed by atoms with E-state index >= 15 is 0 Å². The van der Waals surface area contributed by atoms with Crippen molar-refractivity contribution >= 4 is 0 Å². The van der Waals surface area contributed by atoms with Crippen LogP contribution in [0.5, 0.6) is 0 Å². The van der Waals surface area contributed by atoms with E-state index in [0.29, 0.717) is 5.56 Å². The Morgan fingerprint density at radius 2 is 2.18 bits per heavy atom. The Kier molecular flexibility index (Phi) is 1.48. The molecule has 17 heavy (non-hydrogen) atoms. The van der Waals surface area contributed by atoms with E-state index in [-0.39, 0.29) is 11.1 Å². The van der Waals surface area contributed by atoms with Gasteiger partial charge in [-0.2, -0.15) is 0 Å². The molecule has 1 heterocycles. The lowest BCUT2D eigenvalue weighted by Crippen LogP contribution is -2.31. The zero-order chi connectivity index (χ0) is 19.2. The number of aryl methyl sites for hydroxylation is 4. The highest BCUT2D eigenvalue weighted by atomic mass is 14.9. The minimum atomic E-state index is -2.76. The summed E-state index contributed by atoms with van der Waals surface area (Å²) in [5.74, 6) is 0. The largest absolute Gasteiger partial charge is 0.212 e. The molecule has 0 atom stereocenters. The van der Waals surface area contributed by atoms with Gasteiger partial charge in [0.25, 0.3) is 0 Å². The third-order valence-corrected chi connectivity index (χ3v) is 2.78. The summed E-state index contributed by atoms with van der Waals surface area (Å²) in [7, 11) is 1.74. The summed E-state index contributed by atoms with van der Waals surface area (Å²) in [5.41, 5.74) is 2.57. The van der Waals surface area contributed by atoms with E-state index in [1.54, 1.807) is 30.7 Å². The van der Waals surface area contributed by atoms with Gasteiger partial charge in [0.1, 0.15) is 7.05 Å². The molecule has 0 bridgehead atoms. The highest BCUT2D eigenvalue weighted by molar-refractivity contribution is 5.61. The van der Waals surface area contributed by atoms with Gasteiger partial charge in [-0.15, -0.1) is 0 Å². The van der Waals surface area contributed by atoms with Gasteiger partial charge in [-0.1, -0.05) is 19.0 Å². The number of rotatable bonds is 2. The summed E-state index contributed by atoms with van der Waals surface area (Å²) in [6, 6.07) is 7.89. The molecule has 0 aliphatic rings. The molecule has 1 aromatic carbocycles. The predicted octanol–water partition coefficient (Wildman–Crippen LogP) is 3.36. The van der Waals surface area contributed by atoms with Gasteiger partial charge >= 0.3 is 0 Å². The molecule has 0 saturated heterocycles. The van der Waals surface area contributed by atoms with Crippen LogP contribution < -0.4 is 4.57 Å². The molecule has 0 unspecified atom stereocenters. The highest BCUT2D eigenvalue weighted by Crippen LogP contribution is 2.21. The Hall–Kier alpha value is -1.63. The monoisotopic (exact) mass is 234 g/mol. The lowest BCUT2D eigenvalue weighted by Gasteiger charge is -2.06. The van der Waals surface area contributed by atoms with Crippen molar-refractivity contribution in [2.75, 3.05) is 0 Å². The van der Waals surface area contributed by atoms with Crippen LogP contribution in [0.15, 0.2) is 36.5 Å². The van der Waals surface area contributed by atoms with Crippen LogP contribution in [-0.4, -0.2) is 0 Å². The number of hydrogen-bond acceptors (Lipinski definition) is 0. The first-order valence-electron chi connectivity index (χ1n) is 9.37. The van der Waals surface area contributed by atoms with Gasteiger partial charge in [-0.25, -0.2) is 4.57 Å². The van der Waals surface area contributed by atoms with Gasteiger partial charge in [0, 0.05) is 28.2 Å². The standard InChI is InChI=1S/C16H20N/c1-5-14-7-8-15(13(3)10-14)16-9-6-12(2)11-17(16)4/h6-11H,5H2,1-4H3/q+1/i1D3,2D3,5D2.